The smallest absolute Gasteiger partial charge is 0.303 e. The number of carboxylic acid groups (broad SMARTS) is 1. The Labute approximate surface area is 169 Å². The molecule has 7 heteroatoms. The molecule has 2 aromatic carbocycles. The first-order valence-electron chi connectivity index (χ1n) is 9.26. The molecule has 0 spiro atoms. The Morgan fingerprint density at radius 2 is 1.75 bits per heavy atom. The molecule has 0 amide bonds. The highest BCUT2D eigenvalue weighted by atomic mass is 35.5. The molecule has 0 radical (unpaired) electrons. The van der Waals surface area contributed by atoms with Crippen LogP contribution in [0.15, 0.2) is 30.3 Å². The van der Waals surface area contributed by atoms with Crippen molar-refractivity contribution in [2.45, 2.75) is 52.9 Å². The predicted octanol–water partition coefficient (Wildman–Crippen LogP) is 5.12. The second-order valence-electron chi connectivity index (χ2n) is 7.28. The second kappa shape index (κ2) is 8.61. The number of hydrogen-bond acceptors (Lipinski definition) is 4. The molecule has 0 bridgehead atoms. The Morgan fingerprint density at radius 3 is 2.36 bits per heavy atom. The van der Waals surface area contributed by atoms with Crippen molar-refractivity contribution in [2.24, 2.45) is 0 Å². The molecule has 0 atom stereocenters. The van der Waals surface area contributed by atoms with E-state index in [-0.39, 0.29) is 17.6 Å². The van der Waals surface area contributed by atoms with Gasteiger partial charge < -0.3 is 10.2 Å². The average Bonchev–Trinajstić information content (AvgIpc) is 3.04. The SMILES string of the molecule is CC.CC(C)(C)c1cc(CCC(=O)O)cc(-n2nc3ccc(Cl)cc3n2)c1O. The van der Waals surface area contributed by atoms with Crippen LogP contribution >= 0.6 is 11.6 Å². The van der Waals surface area contributed by atoms with Crippen LogP contribution in [0.25, 0.3) is 16.7 Å². The fourth-order valence-corrected chi connectivity index (χ4v) is 2.96. The van der Waals surface area contributed by atoms with Crippen molar-refractivity contribution in [3.63, 3.8) is 0 Å². The van der Waals surface area contributed by atoms with Gasteiger partial charge in [-0.2, -0.15) is 0 Å². The van der Waals surface area contributed by atoms with Crippen LogP contribution in [-0.4, -0.2) is 31.2 Å². The monoisotopic (exact) mass is 403 g/mol. The molecule has 0 unspecified atom stereocenters. The van der Waals surface area contributed by atoms with Gasteiger partial charge in [-0.3, -0.25) is 4.79 Å². The average molecular weight is 404 g/mol. The zero-order chi connectivity index (χ0) is 21.1. The van der Waals surface area contributed by atoms with Crippen molar-refractivity contribution < 1.29 is 15.0 Å². The summed E-state index contributed by atoms with van der Waals surface area (Å²) in [6.07, 6.45) is 0.371. The van der Waals surface area contributed by atoms with E-state index in [4.69, 9.17) is 16.7 Å². The Balaban J connectivity index is 0.00000136. The Bertz CT molecular complexity index is 990. The Hall–Kier alpha value is -2.60. The van der Waals surface area contributed by atoms with Crippen LogP contribution in [0.2, 0.25) is 5.02 Å². The van der Waals surface area contributed by atoms with Crippen LogP contribution in [0.4, 0.5) is 0 Å². The lowest BCUT2D eigenvalue weighted by Crippen LogP contribution is -2.14. The summed E-state index contributed by atoms with van der Waals surface area (Å²) in [5, 5.41) is 29.2. The number of phenolic OH excluding ortho intramolecular Hbond substituents is 1. The minimum atomic E-state index is -0.866. The number of carbonyl (C=O) groups is 1. The number of hydrogen-bond donors (Lipinski definition) is 2. The van der Waals surface area contributed by atoms with Crippen LogP contribution in [0.3, 0.4) is 0 Å². The number of benzene rings is 2. The number of rotatable bonds is 4. The molecule has 3 rings (SSSR count). The molecule has 1 aromatic heterocycles. The van der Waals surface area contributed by atoms with Crippen LogP contribution < -0.4 is 0 Å². The Kier molecular flexibility index (Phi) is 6.67. The number of nitrogens with zero attached hydrogens (tertiary/aromatic N) is 3. The highest BCUT2D eigenvalue weighted by Gasteiger charge is 2.23. The maximum atomic E-state index is 10.9. The van der Waals surface area contributed by atoms with Gasteiger partial charge in [-0.15, -0.1) is 15.0 Å². The molecule has 0 saturated heterocycles. The van der Waals surface area contributed by atoms with Crippen LogP contribution in [0.1, 0.15) is 52.2 Å². The number of fused-ring (bicyclic) bond motifs is 1. The number of aryl methyl sites for hydroxylation is 1. The van der Waals surface area contributed by atoms with Gasteiger partial charge in [0.15, 0.2) is 0 Å². The van der Waals surface area contributed by atoms with Crippen molar-refractivity contribution in [2.75, 3.05) is 0 Å². The summed E-state index contributed by atoms with van der Waals surface area (Å²) in [6.45, 7) is 9.96. The lowest BCUT2D eigenvalue weighted by Gasteiger charge is -2.23. The molecule has 3 aromatic rings. The first kappa shape index (κ1) is 21.7. The molecule has 0 aliphatic heterocycles. The zero-order valence-corrected chi connectivity index (χ0v) is 17.6. The fraction of sp³-hybridized carbons (Fsp3) is 0.381. The minimum Gasteiger partial charge on any atom is -0.505 e. The molecule has 0 aliphatic carbocycles. The number of carboxylic acids is 1. The van der Waals surface area contributed by atoms with Crippen LogP contribution in [0, 0.1) is 0 Å². The molecule has 0 aliphatic rings. The third-order valence-corrected chi connectivity index (χ3v) is 4.38. The highest BCUT2D eigenvalue weighted by Crippen LogP contribution is 2.36. The maximum absolute atomic E-state index is 10.9. The third kappa shape index (κ3) is 4.81. The second-order valence-corrected chi connectivity index (χ2v) is 7.71. The summed E-state index contributed by atoms with van der Waals surface area (Å²) in [4.78, 5) is 12.3. The topological polar surface area (TPSA) is 88.2 Å². The first-order valence-corrected chi connectivity index (χ1v) is 9.64. The van der Waals surface area contributed by atoms with Crippen molar-refractivity contribution >= 4 is 28.6 Å². The van der Waals surface area contributed by atoms with Gasteiger partial charge in [0.2, 0.25) is 0 Å². The molecule has 2 N–H and O–H groups in total. The van der Waals surface area contributed by atoms with Gasteiger partial charge in [0.1, 0.15) is 22.5 Å². The summed E-state index contributed by atoms with van der Waals surface area (Å²) in [6, 6.07) is 8.77. The molecule has 0 saturated carbocycles. The summed E-state index contributed by atoms with van der Waals surface area (Å²) >= 11 is 6.00. The standard InChI is InChI=1S/C19H20ClN3O3.C2H6/c1-19(2,3)13-8-11(4-7-17(24)25)9-16(18(13)26)23-21-14-6-5-12(20)10-15(14)22-23;1-2/h5-6,8-10,26H,4,7H2,1-3H3,(H,24,25);1-2H3. The molecular weight excluding hydrogens is 378 g/mol. The number of halogens is 1. The number of aromatic nitrogens is 3. The largest absolute Gasteiger partial charge is 0.505 e. The van der Waals surface area contributed by atoms with Crippen LogP contribution in [0.5, 0.6) is 5.75 Å². The number of aliphatic carboxylic acids is 1. The molecule has 1 heterocycles. The van der Waals surface area contributed by atoms with Gasteiger partial charge in [0.25, 0.3) is 0 Å². The Morgan fingerprint density at radius 1 is 1.11 bits per heavy atom. The molecule has 6 nitrogen and oxygen atoms in total. The molecule has 150 valence electrons. The van der Waals surface area contributed by atoms with E-state index in [2.05, 4.69) is 10.2 Å². The zero-order valence-electron chi connectivity index (χ0n) is 16.8. The van der Waals surface area contributed by atoms with Gasteiger partial charge in [0.05, 0.1) is 0 Å². The van der Waals surface area contributed by atoms with Gasteiger partial charge in [-0.25, -0.2) is 0 Å². The predicted molar refractivity (Wildman–Crippen MR) is 112 cm³/mol. The maximum Gasteiger partial charge on any atom is 0.303 e. The third-order valence-electron chi connectivity index (χ3n) is 4.14. The number of phenols is 1. The molecule has 28 heavy (non-hydrogen) atoms. The van der Waals surface area contributed by atoms with Gasteiger partial charge >= 0.3 is 5.97 Å². The lowest BCUT2D eigenvalue weighted by molar-refractivity contribution is -0.136. The van der Waals surface area contributed by atoms with E-state index in [1.165, 1.54) is 4.80 Å². The first-order chi connectivity index (χ1) is 13.1. The van der Waals surface area contributed by atoms with Gasteiger partial charge in [-0.1, -0.05) is 52.3 Å². The van der Waals surface area contributed by atoms with Gasteiger partial charge in [-0.05, 0) is 41.7 Å². The highest BCUT2D eigenvalue weighted by molar-refractivity contribution is 6.31. The van der Waals surface area contributed by atoms with E-state index in [9.17, 15) is 9.90 Å². The summed E-state index contributed by atoms with van der Waals surface area (Å²) in [5.41, 5.74) is 2.89. The summed E-state index contributed by atoms with van der Waals surface area (Å²) in [7, 11) is 0. The van der Waals surface area contributed by atoms with E-state index in [1.807, 2.05) is 40.7 Å². The summed E-state index contributed by atoms with van der Waals surface area (Å²) in [5.74, 6) is -0.780. The van der Waals surface area contributed by atoms with E-state index >= 15 is 0 Å². The summed E-state index contributed by atoms with van der Waals surface area (Å²) < 4.78 is 0. The quantitative estimate of drug-likeness (QED) is 0.631. The van der Waals surface area contributed by atoms with E-state index in [0.717, 1.165) is 11.1 Å². The lowest BCUT2D eigenvalue weighted by atomic mass is 9.84. The van der Waals surface area contributed by atoms with Crippen molar-refractivity contribution in [3.05, 3.63) is 46.5 Å². The van der Waals surface area contributed by atoms with Crippen LogP contribution in [-0.2, 0) is 16.6 Å². The molecule has 0 fully saturated rings. The van der Waals surface area contributed by atoms with Crippen molar-refractivity contribution in [3.8, 4) is 11.4 Å². The van der Waals surface area contributed by atoms with E-state index in [1.54, 1.807) is 24.3 Å². The minimum absolute atomic E-state index is 0.0118. The number of aromatic hydroxyl groups is 1. The fourth-order valence-electron chi connectivity index (χ4n) is 2.79. The normalized spacial score (nSPS) is 11.2. The van der Waals surface area contributed by atoms with Gasteiger partial charge in [0, 0.05) is 17.0 Å². The van der Waals surface area contributed by atoms with E-state index < -0.39 is 5.97 Å². The van der Waals surface area contributed by atoms with Crippen molar-refractivity contribution in [1.29, 1.82) is 0 Å². The molecular formula is C21H26ClN3O3. The van der Waals surface area contributed by atoms with E-state index in [0.29, 0.717) is 28.2 Å². The van der Waals surface area contributed by atoms with Crippen molar-refractivity contribution in [1.82, 2.24) is 15.0 Å².